The second-order valence-electron chi connectivity index (χ2n) is 5.94. The van der Waals surface area contributed by atoms with Crippen LogP contribution in [-0.4, -0.2) is 28.2 Å². The van der Waals surface area contributed by atoms with Crippen molar-refractivity contribution in [3.63, 3.8) is 0 Å². The maximum absolute atomic E-state index is 12.5. The lowest BCUT2D eigenvalue weighted by Crippen LogP contribution is -2.36. The minimum absolute atomic E-state index is 0.0266. The van der Waals surface area contributed by atoms with Crippen molar-refractivity contribution in [2.75, 3.05) is 11.9 Å². The molecule has 2 amide bonds. The molecule has 0 saturated carbocycles. The molecular formula is C20H25N3O2. The molecule has 0 saturated heterocycles. The topological polar surface area (TPSA) is 62.3 Å². The first-order valence-electron chi connectivity index (χ1n) is 8.60. The van der Waals surface area contributed by atoms with Gasteiger partial charge in [0.25, 0.3) is 0 Å². The van der Waals surface area contributed by atoms with Gasteiger partial charge in [-0.15, -0.1) is 0 Å². The van der Waals surface area contributed by atoms with E-state index in [2.05, 4.69) is 24.1 Å². The molecule has 2 rings (SSSR count). The second kappa shape index (κ2) is 8.97. The molecule has 1 heterocycles. The summed E-state index contributed by atoms with van der Waals surface area (Å²) in [4.78, 5) is 30.0. The Hall–Kier alpha value is -2.69. The summed E-state index contributed by atoms with van der Waals surface area (Å²) >= 11 is 0. The van der Waals surface area contributed by atoms with Gasteiger partial charge in [-0.3, -0.25) is 14.6 Å². The van der Waals surface area contributed by atoms with Gasteiger partial charge in [-0.25, -0.2) is 0 Å². The quantitative estimate of drug-likeness (QED) is 0.842. The van der Waals surface area contributed by atoms with Crippen molar-refractivity contribution < 1.29 is 9.59 Å². The first kappa shape index (κ1) is 18.6. The highest BCUT2D eigenvalue weighted by Gasteiger charge is 2.16. The molecule has 0 unspecified atom stereocenters. The van der Waals surface area contributed by atoms with Crippen LogP contribution in [0.15, 0.2) is 42.7 Å². The van der Waals surface area contributed by atoms with E-state index in [0.717, 1.165) is 35.2 Å². The largest absolute Gasteiger partial charge is 0.329 e. The number of hydrogen-bond acceptors (Lipinski definition) is 3. The Bertz CT molecular complexity index is 707. The van der Waals surface area contributed by atoms with Gasteiger partial charge in [-0.05, 0) is 41.7 Å². The number of aromatic nitrogens is 1. The van der Waals surface area contributed by atoms with Gasteiger partial charge >= 0.3 is 0 Å². The van der Waals surface area contributed by atoms with Crippen LogP contribution in [0, 0.1) is 0 Å². The van der Waals surface area contributed by atoms with Crippen LogP contribution in [0.25, 0.3) is 0 Å². The van der Waals surface area contributed by atoms with Crippen LogP contribution in [0.1, 0.15) is 37.5 Å². The molecule has 25 heavy (non-hydrogen) atoms. The molecule has 0 spiro atoms. The van der Waals surface area contributed by atoms with E-state index in [0.29, 0.717) is 6.54 Å². The fourth-order valence-corrected chi connectivity index (χ4v) is 2.74. The first-order chi connectivity index (χ1) is 12.0. The van der Waals surface area contributed by atoms with Crippen molar-refractivity contribution in [3.8, 4) is 0 Å². The van der Waals surface area contributed by atoms with E-state index >= 15 is 0 Å². The molecule has 0 aliphatic heterocycles. The lowest BCUT2D eigenvalue weighted by Gasteiger charge is -2.22. The molecule has 5 nitrogen and oxygen atoms in total. The molecule has 0 fully saturated rings. The zero-order valence-corrected chi connectivity index (χ0v) is 15.1. The summed E-state index contributed by atoms with van der Waals surface area (Å²) in [6.45, 7) is 6.03. The van der Waals surface area contributed by atoms with Crippen molar-refractivity contribution >= 4 is 17.5 Å². The van der Waals surface area contributed by atoms with Crippen LogP contribution in [0.3, 0.4) is 0 Å². The van der Waals surface area contributed by atoms with E-state index in [-0.39, 0.29) is 18.4 Å². The molecule has 5 heteroatoms. The van der Waals surface area contributed by atoms with Gasteiger partial charge in [-0.1, -0.05) is 32.0 Å². The number of hydrogen-bond donors (Lipinski definition) is 1. The number of anilines is 1. The molecule has 0 aliphatic carbocycles. The number of amides is 2. The van der Waals surface area contributed by atoms with Gasteiger partial charge in [0.15, 0.2) is 0 Å². The van der Waals surface area contributed by atoms with Gasteiger partial charge in [0.1, 0.15) is 6.54 Å². The van der Waals surface area contributed by atoms with Gasteiger partial charge in [0.05, 0.1) is 0 Å². The third kappa shape index (κ3) is 5.14. The highest BCUT2D eigenvalue weighted by atomic mass is 16.2. The van der Waals surface area contributed by atoms with Gasteiger partial charge in [-0.2, -0.15) is 0 Å². The Labute approximate surface area is 149 Å². The summed E-state index contributed by atoms with van der Waals surface area (Å²) < 4.78 is 0. The molecule has 0 aliphatic rings. The molecule has 0 radical (unpaired) electrons. The van der Waals surface area contributed by atoms with E-state index in [1.807, 2.05) is 30.3 Å². The molecule has 1 N–H and O–H groups in total. The molecule has 1 aromatic carbocycles. The predicted octanol–water partition coefficient (Wildman–Crippen LogP) is 3.19. The highest BCUT2D eigenvalue weighted by Crippen LogP contribution is 2.22. The molecule has 0 bridgehead atoms. The van der Waals surface area contributed by atoms with Gasteiger partial charge in [0, 0.05) is 31.5 Å². The number of pyridine rings is 1. The monoisotopic (exact) mass is 339 g/mol. The number of carbonyl (C=O) groups is 2. The minimum Gasteiger partial charge on any atom is -0.329 e. The average Bonchev–Trinajstić information content (AvgIpc) is 2.62. The lowest BCUT2D eigenvalue weighted by atomic mass is 10.0. The zero-order valence-electron chi connectivity index (χ0n) is 15.1. The smallest absolute Gasteiger partial charge is 0.244 e. The second-order valence-corrected chi connectivity index (χ2v) is 5.94. The third-order valence-corrected chi connectivity index (χ3v) is 4.17. The van der Waals surface area contributed by atoms with Crippen LogP contribution in [0.2, 0.25) is 0 Å². The highest BCUT2D eigenvalue weighted by molar-refractivity contribution is 5.95. The average molecular weight is 339 g/mol. The summed E-state index contributed by atoms with van der Waals surface area (Å²) in [7, 11) is 0. The number of rotatable bonds is 7. The van der Waals surface area contributed by atoms with Crippen LogP contribution in [-0.2, 0) is 29.0 Å². The third-order valence-electron chi connectivity index (χ3n) is 4.17. The fraction of sp³-hybridized carbons (Fsp3) is 0.350. The summed E-state index contributed by atoms with van der Waals surface area (Å²) in [6, 6.07) is 9.74. The van der Waals surface area contributed by atoms with Crippen molar-refractivity contribution in [2.24, 2.45) is 0 Å². The number of benzene rings is 1. The number of para-hydroxylation sites is 1. The maximum atomic E-state index is 12.5. The normalized spacial score (nSPS) is 10.4. The summed E-state index contributed by atoms with van der Waals surface area (Å²) in [5.41, 5.74) is 4.04. The van der Waals surface area contributed by atoms with Crippen LogP contribution >= 0.6 is 0 Å². The van der Waals surface area contributed by atoms with Crippen LogP contribution < -0.4 is 5.32 Å². The number of nitrogens with zero attached hydrogens (tertiary/aromatic N) is 2. The number of nitrogens with one attached hydrogen (secondary N) is 1. The molecule has 0 atom stereocenters. The lowest BCUT2D eigenvalue weighted by molar-refractivity contribution is -0.133. The maximum Gasteiger partial charge on any atom is 0.244 e. The van der Waals surface area contributed by atoms with Crippen LogP contribution in [0.5, 0.6) is 0 Å². The number of aryl methyl sites for hydroxylation is 2. The number of carbonyl (C=O) groups excluding carboxylic acids is 2. The molecular weight excluding hydrogens is 314 g/mol. The Balaban J connectivity index is 2.11. The molecule has 132 valence electrons. The predicted molar refractivity (Wildman–Crippen MR) is 99.2 cm³/mol. The standard InChI is InChI=1S/C20H25N3O2/c1-4-17-7-6-8-18(5-2)20(17)22-19(25)14-23(15(3)24)13-16-9-11-21-12-10-16/h6-12H,4-5,13-14H2,1-3H3,(H,22,25). The zero-order chi connectivity index (χ0) is 18.2. The Morgan fingerprint density at radius 1 is 1.04 bits per heavy atom. The fourth-order valence-electron chi connectivity index (χ4n) is 2.74. The van der Waals surface area contributed by atoms with E-state index < -0.39 is 0 Å². The van der Waals surface area contributed by atoms with Crippen molar-refractivity contribution in [2.45, 2.75) is 40.2 Å². The first-order valence-corrected chi connectivity index (χ1v) is 8.60. The van der Waals surface area contributed by atoms with Crippen LogP contribution in [0.4, 0.5) is 5.69 Å². The summed E-state index contributed by atoms with van der Waals surface area (Å²) in [5.74, 6) is -0.314. The molecule has 2 aromatic rings. The van der Waals surface area contributed by atoms with Crippen molar-refractivity contribution in [3.05, 3.63) is 59.4 Å². The SMILES string of the molecule is CCc1cccc(CC)c1NC(=O)CN(Cc1ccncc1)C(C)=O. The molecule has 1 aromatic heterocycles. The van der Waals surface area contributed by atoms with Gasteiger partial charge < -0.3 is 10.2 Å². The van der Waals surface area contributed by atoms with Crippen molar-refractivity contribution in [1.82, 2.24) is 9.88 Å². The minimum atomic E-state index is -0.181. The van der Waals surface area contributed by atoms with E-state index in [9.17, 15) is 9.59 Å². The van der Waals surface area contributed by atoms with E-state index in [1.165, 1.54) is 11.8 Å². The van der Waals surface area contributed by atoms with E-state index in [4.69, 9.17) is 0 Å². The Morgan fingerprint density at radius 2 is 1.64 bits per heavy atom. The van der Waals surface area contributed by atoms with Gasteiger partial charge in [0.2, 0.25) is 11.8 Å². The van der Waals surface area contributed by atoms with E-state index in [1.54, 1.807) is 12.4 Å². The van der Waals surface area contributed by atoms with Crippen molar-refractivity contribution in [1.29, 1.82) is 0 Å². The summed E-state index contributed by atoms with van der Waals surface area (Å²) in [5, 5.41) is 3.01. The summed E-state index contributed by atoms with van der Waals surface area (Å²) in [6.07, 6.45) is 5.05. The Kier molecular flexibility index (Phi) is 6.69. The Morgan fingerprint density at radius 3 is 2.16 bits per heavy atom.